The molecule has 1 aromatic rings. The van der Waals surface area contributed by atoms with Crippen molar-refractivity contribution >= 4 is 15.8 Å². The lowest BCUT2D eigenvalue weighted by atomic mass is 10.2. The van der Waals surface area contributed by atoms with Crippen molar-refractivity contribution < 1.29 is 23.1 Å². The lowest BCUT2D eigenvalue weighted by molar-refractivity contribution is 0.0696. The molecule has 0 radical (unpaired) electrons. The maximum Gasteiger partial charge on any atom is 0.335 e. The molecule has 0 aliphatic rings. The van der Waals surface area contributed by atoms with Crippen LogP contribution in [-0.2, 0) is 9.84 Å². The van der Waals surface area contributed by atoms with Gasteiger partial charge in [0.2, 0.25) is 0 Å². The van der Waals surface area contributed by atoms with Gasteiger partial charge in [-0.3, -0.25) is 0 Å². The molecule has 104 valence electrons. The summed E-state index contributed by atoms with van der Waals surface area (Å²) in [5.41, 5.74) is -0.0805. The second kappa shape index (κ2) is 6.38. The molecule has 0 heterocycles. The minimum absolute atomic E-state index is 0.0710. The highest BCUT2D eigenvalue weighted by Gasteiger charge is 2.21. The van der Waals surface area contributed by atoms with Gasteiger partial charge in [-0.25, -0.2) is 13.2 Å². The molecule has 5 nitrogen and oxygen atoms in total. The molecule has 0 bridgehead atoms. The maximum atomic E-state index is 12.2. The number of hydrogen-bond acceptors (Lipinski definition) is 4. The molecule has 0 spiro atoms. The summed E-state index contributed by atoms with van der Waals surface area (Å²) >= 11 is 0. The first-order valence-electron chi connectivity index (χ1n) is 5.67. The van der Waals surface area contributed by atoms with Crippen molar-refractivity contribution in [3.05, 3.63) is 36.4 Å². The summed E-state index contributed by atoms with van der Waals surface area (Å²) in [6.45, 7) is 3.53. The third-order valence-electron chi connectivity index (χ3n) is 2.57. The molecule has 19 heavy (non-hydrogen) atoms. The van der Waals surface area contributed by atoms with Crippen molar-refractivity contribution in [3.63, 3.8) is 0 Å². The molecule has 0 aromatic heterocycles. The minimum atomic E-state index is -3.57. The third-order valence-corrected chi connectivity index (χ3v) is 4.38. The van der Waals surface area contributed by atoms with E-state index in [1.54, 1.807) is 6.08 Å². The van der Waals surface area contributed by atoms with Gasteiger partial charge in [0.15, 0.2) is 9.84 Å². The molecule has 6 heteroatoms. The van der Waals surface area contributed by atoms with Crippen molar-refractivity contribution in [1.29, 1.82) is 0 Å². The number of carbonyl (C=O) groups is 1. The predicted molar refractivity (Wildman–Crippen MR) is 71.4 cm³/mol. The molecule has 1 N–H and O–H groups in total. The van der Waals surface area contributed by atoms with E-state index in [1.165, 1.54) is 19.2 Å². The number of hydrogen-bond donors (Lipinski definition) is 1. The summed E-state index contributed by atoms with van der Waals surface area (Å²) in [7, 11) is -2.22. The fraction of sp³-hybridized carbons (Fsp3) is 0.308. The number of methoxy groups -OCH3 is 1. The van der Waals surface area contributed by atoms with Gasteiger partial charge in [0.1, 0.15) is 10.6 Å². The molecule has 0 aliphatic heterocycles. The van der Waals surface area contributed by atoms with E-state index in [0.717, 1.165) is 6.07 Å². The highest BCUT2D eigenvalue weighted by molar-refractivity contribution is 7.91. The Labute approximate surface area is 112 Å². The molecule has 0 saturated heterocycles. The van der Waals surface area contributed by atoms with Crippen LogP contribution in [0.1, 0.15) is 23.2 Å². The Morgan fingerprint density at radius 1 is 1.47 bits per heavy atom. The monoisotopic (exact) mass is 284 g/mol. The number of allylic oxidation sites excluding steroid dienone is 1. The van der Waals surface area contributed by atoms with Crippen LogP contribution >= 0.6 is 0 Å². The maximum absolute atomic E-state index is 12.2. The van der Waals surface area contributed by atoms with Crippen molar-refractivity contribution in [2.45, 2.75) is 17.7 Å². The summed E-state index contributed by atoms with van der Waals surface area (Å²) in [6.07, 6.45) is 2.66. The highest BCUT2D eigenvalue weighted by Crippen LogP contribution is 2.26. The van der Waals surface area contributed by atoms with Gasteiger partial charge >= 0.3 is 5.97 Å². The van der Waals surface area contributed by atoms with E-state index in [4.69, 9.17) is 9.84 Å². The summed E-state index contributed by atoms with van der Waals surface area (Å²) in [5, 5.41) is 8.90. The Bertz CT molecular complexity index is 575. The van der Waals surface area contributed by atoms with Gasteiger partial charge in [-0.2, -0.15) is 0 Å². The molecular weight excluding hydrogens is 268 g/mol. The van der Waals surface area contributed by atoms with Crippen LogP contribution in [0.2, 0.25) is 0 Å². The molecule has 0 amide bonds. The second-order valence-corrected chi connectivity index (χ2v) is 6.00. The number of benzene rings is 1. The average Bonchev–Trinajstić information content (AvgIpc) is 2.38. The van der Waals surface area contributed by atoms with Crippen LogP contribution in [0.5, 0.6) is 5.75 Å². The van der Waals surface area contributed by atoms with Crippen LogP contribution < -0.4 is 4.74 Å². The number of rotatable bonds is 7. The summed E-state index contributed by atoms with van der Waals surface area (Å²) in [5.74, 6) is -1.09. The highest BCUT2D eigenvalue weighted by atomic mass is 32.2. The number of carboxylic acids is 1. The van der Waals surface area contributed by atoms with Crippen molar-refractivity contribution in [3.8, 4) is 5.75 Å². The quantitative estimate of drug-likeness (QED) is 0.613. The van der Waals surface area contributed by atoms with Crippen LogP contribution in [0.3, 0.4) is 0 Å². The van der Waals surface area contributed by atoms with Crippen LogP contribution in [0, 0.1) is 0 Å². The number of aromatic carboxylic acids is 1. The Balaban J connectivity index is 3.18. The van der Waals surface area contributed by atoms with E-state index in [9.17, 15) is 13.2 Å². The van der Waals surface area contributed by atoms with Crippen molar-refractivity contribution in [1.82, 2.24) is 0 Å². The first kappa shape index (κ1) is 15.2. The van der Waals surface area contributed by atoms with Crippen molar-refractivity contribution in [2.75, 3.05) is 12.9 Å². The van der Waals surface area contributed by atoms with Crippen LogP contribution in [0.25, 0.3) is 0 Å². The topological polar surface area (TPSA) is 80.7 Å². The van der Waals surface area contributed by atoms with E-state index in [2.05, 4.69) is 6.58 Å². The van der Waals surface area contributed by atoms with E-state index < -0.39 is 15.8 Å². The van der Waals surface area contributed by atoms with Gasteiger partial charge in [-0.1, -0.05) is 6.08 Å². The van der Waals surface area contributed by atoms with E-state index >= 15 is 0 Å². The summed E-state index contributed by atoms with van der Waals surface area (Å²) < 4.78 is 29.3. The molecule has 1 rings (SSSR count). The van der Waals surface area contributed by atoms with Gasteiger partial charge in [-0.05, 0) is 31.0 Å². The van der Waals surface area contributed by atoms with Gasteiger partial charge in [0, 0.05) is 0 Å². The summed E-state index contributed by atoms with van der Waals surface area (Å²) in [4.78, 5) is 10.8. The number of sulfone groups is 1. The van der Waals surface area contributed by atoms with Crippen molar-refractivity contribution in [2.24, 2.45) is 0 Å². The molecular formula is C13H16O5S. The Morgan fingerprint density at radius 2 is 2.16 bits per heavy atom. The lowest BCUT2D eigenvalue weighted by Gasteiger charge is -2.10. The molecule has 0 saturated carbocycles. The zero-order valence-corrected chi connectivity index (χ0v) is 11.4. The first-order chi connectivity index (χ1) is 8.92. The number of unbranched alkanes of at least 4 members (excludes halogenated alkanes) is 1. The minimum Gasteiger partial charge on any atom is -0.495 e. The first-order valence-corrected chi connectivity index (χ1v) is 7.32. The number of ether oxygens (including phenoxy) is 1. The molecule has 0 unspecified atom stereocenters. The van der Waals surface area contributed by atoms with Gasteiger partial charge in [0.05, 0.1) is 18.4 Å². The zero-order chi connectivity index (χ0) is 14.5. The van der Waals surface area contributed by atoms with E-state index in [0.29, 0.717) is 12.8 Å². The van der Waals surface area contributed by atoms with Gasteiger partial charge in [-0.15, -0.1) is 6.58 Å². The fourth-order valence-corrected chi connectivity index (χ4v) is 3.11. The lowest BCUT2D eigenvalue weighted by Crippen LogP contribution is -2.10. The van der Waals surface area contributed by atoms with Crippen LogP contribution in [0.4, 0.5) is 0 Å². The fourth-order valence-electron chi connectivity index (χ4n) is 1.58. The van der Waals surface area contributed by atoms with Gasteiger partial charge in [0.25, 0.3) is 0 Å². The Kier molecular flexibility index (Phi) is 5.11. The number of carboxylic acid groups (broad SMARTS) is 1. The molecule has 0 fully saturated rings. The third kappa shape index (κ3) is 3.82. The zero-order valence-electron chi connectivity index (χ0n) is 10.6. The average molecular weight is 284 g/mol. The van der Waals surface area contributed by atoms with Crippen LogP contribution in [0.15, 0.2) is 35.7 Å². The largest absolute Gasteiger partial charge is 0.495 e. The second-order valence-electron chi connectivity index (χ2n) is 3.92. The smallest absolute Gasteiger partial charge is 0.335 e. The van der Waals surface area contributed by atoms with Gasteiger partial charge < -0.3 is 9.84 Å². The van der Waals surface area contributed by atoms with Crippen LogP contribution in [-0.4, -0.2) is 32.4 Å². The Hall–Kier alpha value is -1.82. The SMILES string of the molecule is C=CCCCS(=O)(=O)c1cc(C(=O)O)ccc1OC. The molecule has 0 aliphatic carbocycles. The standard InChI is InChI=1S/C13H16O5S/c1-3-4-5-8-19(16,17)12-9-10(13(14)15)6-7-11(12)18-2/h3,6-7,9H,1,4-5,8H2,2H3,(H,14,15). The molecule has 0 atom stereocenters. The summed E-state index contributed by atoms with van der Waals surface area (Å²) in [6, 6.07) is 3.79. The predicted octanol–water partition coefficient (Wildman–Crippen LogP) is 2.13. The van der Waals surface area contributed by atoms with E-state index in [1.807, 2.05) is 0 Å². The molecule has 1 aromatic carbocycles. The normalized spacial score (nSPS) is 11.0. The van der Waals surface area contributed by atoms with E-state index in [-0.39, 0.29) is 22.0 Å². The Morgan fingerprint density at radius 3 is 2.68 bits per heavy atom.